The summed E-state index contributed by atoms with van der Waals surface area (Å²) in [5.41, 5.74) is 1.06. The summed E-state index contributed by atoms with van der Waals surface area (Å²) in [4.78, 5) is 4.56. The van der Waals surface area contributed by atoms with E-state index in [1.54, 1.807) is 17.6 Å². The standard InChI is InChI=1S/C14H18N2O2S/c17-12-5-3-10(4-6-12)15-8-11-9-19-14(16-11)13-2-1-7-18-13/h1-2,7,9-10,12,15,17H,3-6,8H2. The summed E-state index contributed by atoms with van der Waals surface area (Å²) in [6.45, 7) is 0.790. The lowest BCUT2D eigenvalue weighted by Crippen LogP contribution is -2.34. The molecule has 2 aromatic heterocycles. The normalized spacial score (nSPS) is 23.6. The predicted octanol–water partition coefficient (Wildman–Crippen LogP) is 2.80. The summed E-state index contributed by atoms with van der Waals surface area (Å²) in [6, 6.07) is 4.32. The molecular weight excluding hydrogens is 260 g/mol. The summed E-state index contributed by atoms with van der Waals surface area (Å²) in [5.74, 6) is 0.831. The van der Waals surface area contributed by atoms with E-state index in [0.717, 1.165) is 48.7 Å². The molecule has 0 bridgehead atoms. The van der Waals surface area contributed by atoms with Crippen molar-refractivity contribution in [1.29, 1.82) is 0 Å². The van der Waals surface area contributed by atoms with Crippen molar-refractivity contribution in [2.45, 2.75) is 44.4 Å². The average molecular weight is 278 g/mol. The predicted molar refractivity (Wildman–Crippen MR) is 74.9 cm³/mol. The highest BCUT2D eigenvalue weighted by Crippen LogP contribution is 2.24. The van der Waals surface area contributed by atoms with E-state index in [9.17, 15) is 5.11 Å². The van der Waals surface area contributed by atoms with Gasteiger partial charge in [-0.15, -0.1) is 11.3 Å². The summed E-state index contributed by atoms with van der Waals surface area (Å²) in [7, 11) is 0. The second kappa shape index (κ2) is 5.86. The van der Waals surface area contributed by atoms with E-state index < -0.39 is 0 Å². The Morgan fingerprint density at radius 2 is 2.21 bits per heavy atom. The Labute approximate surface area is 116 Å². The molecule has 1 fully saturated rings. The van der Waals surface area contributed by atoms with Gasteiger partial charge in [-0.3, -0.25) is 0 Å². The van der Waals surface area contributed by atoms with E-state index in [1.165, 1.54) is 0 Å². The van der Waals surface area contributed by atoms with Crippen molar-refractivity contribution in [1.82, 2.24) is 10.3 Å². The zero-order chi connectivity index (χ0) is 13.1. The van der Waals surface area contributed by atoms with Crippen LogP contribution in [0.5, 0.6) is 0 Å². The first-order chi connectivity index (χ1) is 9.31. The fourth-order valence-corrected chi connectivity index (χ4v) is 3.22. The van der Waals surface area contributed by atoms with Gasteiger partial charge in [0.2, 0.25) is 0 Å². The third kappa shape index (κ3) is 3.23. The van der Waals surface area contributed by atoms with Crippen LogP contribution in [0.25, 0.3) is 10.8 Å². The number of aromatic nitrogens is 1. The maximum atomic E-state index is 9.47. The van der Waals surface area contributed by atoms with Crippen LogP contribution in [0, 0.1) is 0 Å². The third-order valence-corrected chi connectivity index (χ3v) is 4.46. The lowest BCUT2D eigenvalue weighted by atomic mass is 9.93. The minimum absolute atomic E-state index is 0.0946. The Morgan fingerprint density at radius 3 is 2.95 bits per heavy atom. The van der Waals surface area contributed by atoms with Crippen LogP contribution in [-0.4, -0.2) is 22.2 Å². The summed E-state index contributed by atoms with van der Waals surface area (Å²) >= 11 is 1.61. The van der Waals surface area contributed by atoms with Crippen LogP contribution in [0.3, 0.4) is 0 Å². The lowest BCUT2D eigenvalue weighted by Gasteiger charge is -2.25. The summed E-state index contributed by atoms with van der Waals surface area (Å²) < 4.78 is 5.34. The molecule has 0 atom stereocenters. The molecule has 0 amide bonds. The quantitative estimate of drug-likeness (QED) is 0.903. The number of aliphatic hydroxyl groups excluding tert-OH is 1. The van der Waals surface area contributed by atoms with E-state index in [4.69, 9.17) is 4.42 Å². The number of furan rings is 1. The Bertz CT molecular complexity index is 501. The number of thiazole rings is 1. The Hall–Kier alpha value is -1.17. The highest BCUT2D eigenvalue weighted by atomic mass is 32.1. The molecule has 19 heavy (non-hydrogen) atoms. The first-order valence-corrected chi connectivity index (χ1v) is 7.59. The van der Waals surface area contributed by atoms with Gasteiger partial charge in [-0.1, -0.05) is 0 Å². The minimum Gasteiger partial charge on any atom is -0.462 e. The highest BCUT2D eigenvalue weighted by Gasteiger charge is 2.19. The van der Waals surface area contributed by atoms with E-state index >= 15 is 0 Å². The number of hydrogen-bond acceptors (Lipinski definition) is 5. The summed E-state index contributed by atoms with van der Waals surface area (Å²) in [6.07, 6.45) is 5.50. The molecule has 4 nitrogen and oxygen atoms in total. The van der Waals surface area contributed by atoms with Crippen molar-refractivity contribution in [3.8, 4) is 10.8 Å². The van der Waals surface area contributed by atoms with Crippen molar-refractivity contribution in [2.75, 3.05) is 0 Å². The molecule has 5 heteroatoms. The van der Waals surface area contributed by atoms with Gasteiger partial charge in [0, 0.05) is 18.0 Å². The van der Waals surface area contributed by atoms with Crippen molar-refractivity contribution in [3.05, 3.63) is 29.5 Å². The maximum absolute atomic E-state index is 9.47. The van der Waals surface area contributed by atoms with Gasteiger partial charge >= 0.3 is 0 Å². The van der Waals surface area contributed by atoms with Crippen LogP contribution in [-0.2, 0) is 6.54 Å². The maximum Gasteiger partial charge on any atom is 0.162 e. The molecule has 2 N–H and O–H groups in total. The van der Waals surface area contributed by atoms with Crippen molar-refractivity contribution in [2.24, 2.45) is 0 Å². The first kappa shape index (κ1) is 12.8. The van der Waals surface area contributed by atoms with Gasteiger partial charge in [-0.25, -0.2) is 4.98 Å². The van der Waals surface area contributed by atoms with Crippen molar-refractivity contribution in [3.63, 3.8) is 0 Å². The average Bonchev–Trinajstić information content (AvgIpc) is 3.09. The Kier molecular flexibility index (Phi) is 3.96. The van der Waals surface area contributed by atoms with E-state index in [2.05, 4.69) is 15.7 Å². The van der Waals surface area contributed by atoms with E-state index in [1.807, 2.05) is 12.1 Å². The van der Waals surface area contributed by atoms with Crippen LogP contribution in [0.15, 0.2) is 28.2 Å². The van der Waals surface area contributed by atoms with E-state index in [0.29, 0.717) is 6.04 Å². The van der Waals surface area contributed by atoms with Crippen LogP contribution in [0.1, 0.15) is 31.4 Å². The highest BCUT2D eigenvalue weighted by molar-refractivity contribution is 7.13. The number of hydrogen-bond donors (Lipinski definition) is 2. The summed E-state index contributed by atoms with van der Waals surface area (Å²) in [5, 5.41) is 16.0. The molecule has 0 aliphatic heterocycles. The lowest BCUT2D eigenvalue weighted by molar-refractivity contribution is 0.116. The van der Waals surface area contributed by atoms with Crippen LogP contribution >= 0.6 is 11.3 Å². The molecule has 1 aliphatic carbocycles. The molecule has 0 aromatic carbocycles. The van der Waals surface area contributed by atoms with Gasteiger partial charge in [-0.2, -0.15) is 0 Å². The first-order valence-electron chi connectivity index (χ1n) is 6.71. The van der Waals surface area contributed by atoms with E-state index in [-0.39, 0.29) is 6.10 Å². The van der Waals surface area contributed by atoms with Crippen molar-refractivity contribution >= 4 is 11.3 Å². The Morgan fingerprint density at radius 1 is 1.37 bits per heavy atom. The van der Waals surface area contributed by atoms with Gasteiger partial charge in [0.1, 0.15) is 0 Å². The van der Waals surface area contributed by atoms with Crippen LogP contribution in [0.4, 0.5) is 0 Å². The number of rotatable bonds is 4. The molecule has 2 aromatic rings. The zero-order valence-corrected chi connectivity index (χ0v) is 11.5. The van der Waals surface area contributed by atoms with Crippen molar-refractivity contribution < 1.29 is 9.52 Å². The number of aliphatic hydroxyl groups is 1. The number of nitrogens with one attached hydrogen (secondary N) is 1. The SMILES string of the molecule is OC1CCC(NCc2csc(-c3ccco3)n2)CC1. The van der Waals surface area contributed by atoms with Gasteiger partial charge < -0.3 is 14.8 Å². The molecule has 0 saturated heterocycles. The topological polar surface area (TPSA) is 58.3 Å². The minimum atomic E-state index is -0.0946. The smallest absolute Gasteiger partial charge is 0.162 e. The monoisotopic (exact) mass is 278 g/mol. The zero-order valence-electron chi connectivity index (χ0n) is 10.7. The second-order valence-corrected chi connectivity index (χ2v) is 5.87. The van der Waals surface area contributed by atoms with Gasteiger partial charge in [0.05, 0.1) is 18.1 Å². The van der Waals surface area contributed by atoms with Gasteiger partial charge in [0.15, 0.2) is 10.8 Å². The largest absolute Gasteiger partial charge is 0.462 e. The molecule has 1 aliphatic rings. The Balaban J connectivity index is 1.53. The third-order valence-electron chi connectivity index (χ3n) is 3.55. The van der Waals surface area contributed by atoms with Crippen LogP contribution < -0.4 is 5.32 Å². The van der Waals surface area contributed by atoms with Gasteiger partial charge in [0.25, 0.3) is 0 Å². The fraction of sp³-hybridized carbons (Fsp3) is 0.500. The number of nitrogens with zero attached hydrogens (tertiary/aromatic N) is 1. The molecule has 102 valence electrons. The molecule has 2 heterocycles. The molecular formula is C14H18N2O2S. The second-order valence-electron chi connectivity index (χ2n) is 5.01. The fourth-order valence-electron chi connectivity index (χ4n) is 2.43. The molecule has 1 saturated carbocycles. The molecule has 0 spiro atoms. The molecule has 0 radical (unpaired) electrons. The van der Waals surface area contributed by atoms with Crippen LogP contribution in [0.2, 0.25) is 0 Å². The molecule has 0 unspecified atom stereocenters. The molecule has 3 rings (SSSR count). The van der Waals surface area contributed by atoms with Gasteiger partial charge in [-0.05, 0) is 37.8 Å².